The minimum absolute atomic E-state index is 0.0532. The van der Waals surface area contributed by atoms with Crippen LogP contribution in [-0.4, -0.2) is 21.6 Å². The van der Waals surface area contributed by atoms with Gasteiger partial charge in [-0.15, -0.1) is 23.1 Å². The number of hydrogen-bond donors (Lipinski definition) is 1. The first kappa shape index (κ1) is 10.7. The minimum Gasteiger partial charge on any atom is -0.477 e. The molecule has 0 spiro atoms. The molecule has 2 rings (SSSR count). The van der Waals surface area contributed by atoms with Crippen LogP contribution < -0.4 is 0 Å². The first-order chi connectivity index (χ1) is 6.89. The number of aromatic carboxylic acids is 1. The number of rotatable bonds is 1. The smallest absolute Gasteiger partial charge is 0.345 e. The standard InChI is InChI=1S/C10H10O3S2/c1-10(2)4-6(11)5-3-7(8(12)13)14-9(5)15-10/h3H,4H2,1-2H3,(H,12,13). The SMILES string of the molecule is CC1(C)CC(=O)c2cc(C(=O)O)sc2S1. The van der Waals surface area contributed by atoms with Crippen molar-refractivity contribution >= 4 is 34.9 Å². The van der Waals surface area contributed by atoms with Crippen LogP contribution in [-0.2, 0) is 0 Å². The molecule has 0 amide bonds. The van der Waals surface area contributed by atoms with E-state index in [1.165, 1.54) is 17.4 Å². The molecule has 0 aromatic carbocycles. The van der Waals surface area contributed by atoms with Crippen LogP contribution in [0.5, 0.6) is 0 Å². The summed E-state index contributed by atoms with van der Waals surface area (Å²) < 4.78 is 0.721. The number of carbonyl (C=O) groups is 2. The van der Waals surface area contributed by atoms with Crippen LogP contribution in [0, 0.1) is 0 Å². The molecule has 1 aromatic rings. The van der Waals surface area contributed by atoms with E-state index in [0.29, 0.717) is 12.0 Å². The Morgan fingerprint density at radius 1 is 1.53 bits per heavy atom. The summed E-state index contributed by atoms with van der Waals surface area (Å²) in [6.45, 7) is 4.00. The van der Waals surface area contributed by atoms with Crippen LogP contribution in [0.15, 0.2) is 10.3 Å². The molecule has 1 N–H and O–H groups in total. The number of Topliss-reactive ketones (excluding diaryl/α,β-unsaturated/α-hetero) is 1. The fourth-order valence-electron chi connectivity index (χ4n) is 1.52. The van der Waals surface area contributed by atoms with Crippen LogP contribution in [0.3, 0.4) is 0 Å². The maximum atomic E-state index is 11.7. The largest absolute Gasteiger partial charge is 0.477 e. The normalized spacial score (nSPS) is 18.7. The molecule has 1 aliphatic heterocycles. The lowest BCUT2D eigenvalue weighted by atomic mass is 10.0. The second kappa shape index (κ2) is 3.35. The predicted molar refractivity (Wildman–Crippen MR) is 60.2 cm³/mol. The maximum Gasteiger partial charge on any atom is 0.345 e. The Labute approximate surface area is 95.5 Å². The highest BCUT2D eigenvalue weighted by Crippen LogP contribution is 2.46. The van der Waals surface area contributed by atoms with Crippen molar-refractivity contribution in [1.82, 2.24) is 0 Å². The molecule has 2 heterocycles. The van der Waals surface area contributed by atoms with Crippen molar-refractivity contribution < 1.29 is 14.7 Å². The summed E-state index contributed by atoms with van der Waals surface area (Å²) in [4.78, 5) is 22.8. The first-order valence-corrected chi connectivity index (χ1v) is 6.12. The summed E-state index contributed by atoms with van der Waals surface area (Å²) in [5, 5.41) is 8.84. The Balaban J connectivity index is 2.47. The first-order valence-electron chi connectivity index (χ1n) is 4.48. The number of thioether (sulfide) groups is 1. The van der Waals surface area contributed by atoms with Gasteiger partial charge in [0.05, 0.1) is 4.21 Å². The van der Waals surface area contributed by atoms with E-state index in [4.69, 9.17) is 5.11 Å². The number of carbonyl (C=O) groups excluding carboxylic acids is 1. The number of thiophene rings is 1. The average Bonchev–Trinajstić information content (AvgIpc) is 2.45. The molecule has 0 bridgehead atoms. The molecule has 0 aliphatic carbocycles. The van der Waals surface area contributed by atoms with Crippen molar-refractivity contribution in [2.75, 3.05) is 0 Å². The van der Waals surface area contributed by atoms with Crippen molar-refractivity contribution in [3.63, 3.8) is 0 Å². The highest BCUT2D eigenvalue weighted by atomic mass is 32.2. The number of carboxylic acids is 1. The lowest BCUT2D eigenvalue weighted by Gasteiger charge is -2.26. The van der Waals surface area contributed by atoms with Gasteiger partial charge in [0.25, 0.3) is 0 Å². The average molecular weight is 242 g/mol. The second-order valence-corrected chi connectivity index (χ2v) is 7.11. The van der Waals surface area contributed by atoms with Gasteiger partial charge in [-0.25, -0.2) is 4.79 Å². The summed E-state index contributed by atoms with van der Waals surface area (Å²) in [6.07, 6.45) is 0.473. The molecule has 1 aliphatic rings. The van der Waals surface area contributed by atoms with Gasteiger partial charge in [-0.1, -0.05) is 0 Å². The Kier molecular flexibility index (Phi) is 2.39. The lowest BCUT2D eigenvalue weighted by molar-refractivity contribution is 0.0702. The topological polar surface area (TPSA) is 54.4 Å². The van der Waals surface area contributed by atoms with E-state index in [2.05, 4.69) is 0 Å². The third-order valence-electron chi connectivity index (χ3n) is 2.16. The van der Waals surface area contributed by atoms with Crippen LogP contribution in [0.1, 0.15) is 40.3 Å². The third-order valence-corrected chi connectivity index (χ3v) is 4.68. The molecule has 15 heavy (non-hydrogen) atoms. The van der Waals surface area contributed by atoms with Crippen LogP contribution in [0.2, 0.25) is 0 Å². The minimum atomic E-state index is -0.958. The molecule has 0 saturated carbocycles. The summed E-state index contributed by atoms with van der Waals surface area (Å²) >= 11 is 2.78. The highest BCUT2D eigenvalue weighted by Gasteiger charge is 2.34. The van der Waals surface area contributed by atoms with Crippen molar-refractivity contribution in [2.45, 2.75) is 29.2 Å². The van der Waals surface area contributed by atoms with Gasteiger partial charge in [0.2, 0.25) is 0 Å². The summed E-state index contributed by atoms with van der Waals surface area (Å²) in [7, 11) is 0. The fraction of sp³-hybridized carbons (Fsp3) is 0.400. The zero-order chi connectivity index (χ0) is 11.2. The van der Waals surface area contributed by atoms with Gasteiger partial charge in [-0.3, -0.25) is 4.79 Å². The Hall–Kier alpha value is -0.810. The maximum absolute atomic E-state index is 11.7. The Bertz CT molecular complexity index is 446. The Morgan fingerprint density at radius 3 is 2.80 bits per heavy atom. The Morgan fingerprint density at radius 2 is 2.20 bits per heavy atom. The number of fused-ring (bicyclic) bond motifs is 1. The number of ketones is 1. The van der Waals surface area contributed by atoms with E-state index in [1.54, 1.807) is 11.8 Å². The van der Waals surface area contributed by atoms with Gasteiger partial charge >= 0.3 is 5.97 Å². The quantitative estimate of drug-likeness (QED) is 0.822. The molecule has 1 aromatic heterocycles. The molecule has 3 nitrogen and oxygen atoms in total. The molecule has 0 fully saturated rings. The molecule has 0 radical (unpaired) electrons. The predicted octanol–water partition coefficient (Wildman–Crippen LogP) is 2.90. The van der Waals surface area contributed by atoms with E-state index in [9.17, 15) is 9.59 Å². The van der Waals surface area contributed by atoms with Gasteiger partial charge in [0, 0.05) is 16.7 Å². The third kappa shape index (κ3) is 1.94. The van der Waals surface area contributed by atoms with E-state index in [-0.39, 0.29) is 15.4 Å². The molecule has 0 atom stereocenters. The highest BCUT2D eigenvalue weighted by molar-refractivity contribution is 8.02. The van der Waals surface area contributed by atoms with Gasteiger partial charge in [-0.2, -0.15) is 0 Å². The molecule has 0 unspecified atom stereocenters. The van der Waals surface area contributed by atoms with Crippen molar-refractivity contribution in [2.24, 2.45) is 0 Å². The van der Waals surface area contributed by atoms with Gasteiger partial charge < -0.3 is 5.11 Å². The molecule has 0 saturated heterocycles. The fourth-order valence-corrected chi connectivity index (χ4v) is 4.37. The second-order valence-electron chi connectivity index (χ2n) is 4.08. The monoisotopic (exact) mass is 242 g/mol. The van der Waals surface area contributed by atoms with Crippen molar-refractivity contribution in [3.8, 4) is 0 Å². The van der Waals surface area contributed by atoms with E-state index in [0.717, 1.165) is 4.21 Å². The van der Waals surface area contributed by atoms with Gasteiger partial charge in [0.1, 0.15) is 4.88 Å². The summed E-state index contributed by atoms with van der Waals surface area (Å²) in [6, 6.07) is 1.49. The number of carboxylic acid groups (broad SMARTS) is 1. The van der Waals surface area contributed by atoms with Gasteiger partial charge in [-0.05, 0) is 19.9 Å². The molecular formula is C10H10O3S2. The zero-order valence-electron chi connectivity index (χ0n) is 8.36. The van der Waals surface area contributed by atoms with Gasteiger partial charge in [0.15, 0.2) is 5.78 Å². The molecule has 80 valence electrons. The van der Waals surface area contributed by atoms with E-state index < -0.39 is 5.97 Å². The van der Waals surface area contributed by atoms with Crippen LogP contribution >= 0.6 is 23.1 Å². The molecular weight excluding hydrogens is 232 g/mol. The van der Waals surface area contributed by atoms with E-state index in [1.807, 2.05) is 13.8 Å². The lowest BCUT2D eigenvalue weighted by Crippen LogP contribution is -2.24. The van der Waals surface area contributed by atoms with Crippen molar-refractivity contribution in [1.29, 1.82) is 0 Å². The van der Waals surface area contributed by atoms with Crippen LogP contribution in [0.4, 0.5) is 0 Å². The zero-order valence-corrected chi connectivity index (χ0v) is 10.00. The summed E-state index contributed by atoms with van der Waals surface area (Å²) in [5.41, 5.74) is 0.585. The summed E-state index contributed by atoms with van der Waals surface area (Å²) in [5.74, 6) is -0.905. The number of hydrogen-bond acceptors (Lipinski definition) is 4. The van der Waals surface area contributed by atoms with Crippen LogP contribution in [0.25, 0.3) is 0 Å². The van der Waals surface area contributed by atoms with Crippen molar-refractivity contribution in [3.05, 3.63) is 16.5 Å². The molecule has 5 heteroatoms. The van der Waals surface area contributed by atoms with E-state index >= 15 is 0 Å².